The Morgan fingerprint density at radius 2 is 0.691 bits per heavy atom. The van der Waals surface area contributed by atoms with Gasteiger partial charge in [0.2, 0.25) is 0 Å². The molecule has 0 radical (unpaired) electrons. The molecule has 0 aliphatic rings. The van der Waals surface area contributed by atoms with Gasteiger partial charge in [0.1, 0.15) is 11.2 Å². The third-order valence-corrected chi connectivity index (χ3v) is 9.96. The highest BCUT2D eigenvalue weighted by Crippen LogP contribution is 2.40. The lowest BCUT2D eigenvalue weighted by Crippen LogP contribution is -2.00. The van der Waals surface area contributed by atoms with Gasteiger partial charge in [0.05, 0.1) is 17.0 Å². The van der Waals surface area contributed by atoms with Gasteiger partial charge in [-0.25, -0.2) is 19.9 Å². The standard InChI is InChI=1S/C50H32N4O/c1-5-15-35(16-6-1)44-31-39(32-45(51-44)36-17-7-2-8-18-36)33-27-29-34(30-28-33)40-23-13-24-41-42-25-14-26-43(47(42)55-46(40)41)50-53-48(37-19-9-3-10-20-37)52-49(54-50)38-21-11-4-12-22-38/h1-32H. The molecule has 0 unspecified atom stereocenters. The van der Waals surface area contributed by atoms with E-state index in [2.05, 4.69) is 109 Å². The Morgan fingerprint density at radius 3 is 1.20 bits per heavy atom. The zero-order chi connectivity index (χ0) is 36.6. The fourth-order valence-corrected chi connectivity index (χ4v) is 7.21. The van der Waals surface area contributed by atoms with Gasteiger partial charge in [-0.15, -0.1) is 0 Å². The first-order valence-corrected chi connectivity index (χ1v) is 18.3. The van der Waals surface area contributed by atoms with E-state index >= 15 is 0 Å². The number of hydrogen-bond donors (Lipinski definition) is 0. The highest BCUT2D eigenvalue weighted by atomic mass is 16.3. The molecule has 0 N–H and O–H groups in total. The number of fused-ring (bicyclic) bond motifs is 3. The molecule has 0 aliphatic carbocycles. The predicted octanol–water partition coefficient (Wildman–Crippen LogP) is 12.8. The molecule has 0 atom stereocenters. The van der Waals surface area contributed by atoms with Gasteiger partial charge < -0.3 is 4.42 Å². The Morgan fingerprint density at radius 1 is 0.273 bits per heavy atom. The molecule has 3 heterocycles. The summed E-state index contributed by atoms with van der Waals surface area (Å²) in [6.07, 6.45) is 0. The summed E-state index contributed by atoms with van der Waals surface area (Å²) in [6.45, 7) is 0. The van der Waals surface area contributed by atoms with Gasteiger partial charge in [-0.05, 0) is 34.9 Å². The Labute approximate surface area is 318 Å². The molecule has 0 amide bonds. The second kappa shape index (κ2) is 13.8. The van der Waals surface area contributed by atoms with Crippen molar-refractivity contribution < 1.29 is 4.42 Å². The SMILES string of the molecule is c1ccc(-c2cc(-c3ccc(-c4cccc5c4oc4c(-c6nc(-c7ccccc7)nc(-c7ccccc7)n6)cccc45)cc3)cc(-c3ccccc3)n2)cc1. The van der Waals surface area contributed by atoms with Crippen LogP contribution in [0.25, 0.3) is 101 Å². The van der Waals surface area contributed by atoms with Crippen LogP contribution in [-0.2, 0) is 0 Å². The molecule has 0 fully saturated rings. The Balaban J connectivity index is 1.07. The average Bonchev–Trinajstić information content (AvgIpc) is 3.67. The van der Waals surface area contributed by atoms with Gasteiger partial charge in [-0.1, -0.05) is 176 Å². The number of benzene rings is 7. The van der Waals surface area contributed by atoms with Crippen LogP contribution >= 0.6 is 0 Å². The molecule has 0 saturated heterocycles. The van der Waals surface area contributed by atoms with Crippen LogP contribution in [0.15, 0.2) is 199 Å². The molecule has 5 heteroatoms. The molecule has 10 rings (SSSR count). The molecule has 5 nitrogen and oxygen atoms in total. The highest BCUT2D eigenvalue weighted by Gasteiger charge is 2.19. The zero-order valence-electron chi connectivity index (χ0n) is 29.7. The van der Waals surface area contributed by atoms with Crippen LogP contribution in [-0.4, -0.2) is 19.9 Å². The lowest BCUT2D eigenvalue weighted by Gasteiger charge is -2.11. The van der Waals surface area contributed by atoms with Crippen molar-refractivity contribution in [3.63, 3.8) is 0 Å². The smallest absolute Gasteiger partial charge is 0.167 e. The van der Waals surface area contributed by atoms with E-state index in [1.165, 1.54) is 0 Å². The predicted molar refractivity (Wildman–Crippen MR) is 223 cm³/mol. The summed E-state index contributed by atoms with van der Waals surface area (Å²) < 4.78 is 6.85. The molecule has 258 valence electrons. The van der Waals surface area contributed by atoms with Gasteiger partial charge in [0.15, 0.2) is 17.5 Å². The minimum absolute atomic E-state index is 0.561. The van der Waals surface area contributed by atoms with Crippen LogP contribution < -0.4 is 0 Å². The number of pyridine rings is 1. The van der Waals surface area contributed by atoms with Crippen molar-refractivity contribution in [2.24, 2.45) is 0 Å². The highest BCUT2D eigenvalue weighted by molar-refractivity contribution is 6.12. The van der Waals surface area contributed by atoms with E-state index in [4.69, 9.17) is 24.4 Å². The molecule has 0 spiro atoms. The summed E-state index contributed by atoms with van der Waals surface area (Å²) in [5.41, 5.74) is 12.5. The maximum atomic E-state index is 6.85. The van der Waals surface area contributed by atoms with E-state index in [0.717, 1.165) is 83.4 Å². The van der Waals surface area contributed by atoms with E-state index in [0.29, 0.717) is 17.5 Å². The van der Waals surface area contributed by atoms with Crippen molar-refractivity contribution in [3.8, 4) is 78.9 Å². The van der Waals surface area contributed by atoms with Crippen LogP contribution in [0.1, 0.15) is 0 Å². The minimum atomic E-state index is 0.561. The van der Waals surface area contributed by atoms with E-state index in [9.17, 15) is 0 Å². The number of rotatable bonds is 7. The van der Waals surface area contributed by atoms with Crippen molar-refractivity contribution in [3.05, 3.63) is 194 Å². The molecule has 7 aromatic carbocycles. The molecule has 0 aliphatic heterocycles. The summed E-state index contributed by atoms with van der Waals surface area (Å²) in [6, 6.07) is 66.3. The third kappa shape index (κ3) is 6.14. The third-order valence-electron chi connectivity index (χ3n) is 9.96. The summed E-state index contributed by atoms with van der Waals surface area (Å²) >= 11 is 0. The maximum absolute atomic E-state index is 6.85. The lowest BCUT2D eigenvalue weighted by atomic mass is 9.97. The number of nitrogens with zero attached hydrogens (tertiary/aromatic N) is 4. The van der Waals surface area contributed by atoms with Crippen molar-refractivity contribution in [1.29, 1.82) is 0 Å². The fraction of sp³-hybridized carbons (Fsp3) is 0. The van der Waals surface area contributed by atoms with Crippen molar-refractivity contribution in [2.45, 2.75) is 0 Å². The molecule has 0 saturated carbocycles. The Bertz CT molecular complexity index is 2830. The second-order valence-corrected chi connectivity index (χ2v) is 13.4. The Kier molecular flexibility index (Phi) is 8.08. The van der Waals surface area contributed by atoms with Gasteiger partial charge >= 0.3 is 0 Å². The molecule has 10 aromatic rings. The first kappa shape index (κ1) is 32.2. The zero-order valence-corrected chi connectivity index (χ0v) is 29.7. The van der Waals surface area contributed by atoms with E-state index in [-0.39, 0.29) is 0 Å². The van der Waals surface area contributed by atoms with E-state index in [1.807, 2.05) is 84.9 Å². The first-order valence-electron chi connectivity index (χ1n) is 18.3. The van der Waals surface area contributed by atoms with Gasteiger partial charge in [0, 0.05) is 38.6 Å². The average molecular weight is 705 g/mol. The number of aromatic nitrogens is 4. The van der Waals surface area contributed by atoms with Crippen molar-refractivity contribution in [1.82, 2.24) is 19.9 Å². The summed E-state index contributed by atoms with van der Waals surface area (Å²) in [7, 11) is 0. The monoisotopic (exact) mass is 704 g/mol. The maximum Gasteiger partial charge on any atom is 0.167 e. The van der Waals surface area contributed by atoms with Crippen LogP contribution in [0.4, 0.5) is 0 Å². The quantitative estimate of drug-likeness (QED) is 0.165. The largest absolute Gasteiger partial charge is 0.455 e. The van der Waals surface area contributed by atoms with E-state index < -0.39 is 0 Å². The minimum Gasteiger partial charge on any atom is -0.455 e. The number of para-hydroxylation sites is 2. The topological polar surface area (TPSA) is 64.7 Å². The summed E-state index contributed by atoms with van der Waals surface area (Å²) in [4.78, 5) is 20.0. The molecular weight excluding hydrogens is 673 g/mol. The number of furan rings is 1. The van der Waals surface area contributed by atoms with Gasteiger partial charge in [0.25, 0.3) is 0 Å². The summed E-state index contributed by atoms with van der Waals surface area (Å²) in [5, 5.41) is 2.04. The lowest BCUT2D eigenvalue weighted by molar-refractivity contribution is 0.670. The van der Waals surface area contributed by atoms with E-state index in [1.54, 1.807) is 0 Å². The first-order chi connectivity index (χ1) is 27.2. The van der Waals surface area contributed by atoms with Gasteiger partial charge in [-0.3, -0.25) is 0 Å². The van der Waals surface area contributed by atoms with Crippen molar-refractivity contribution in [2.75, 3.05) is 0 Å². The molecule has 3 aromatic heterocycles. The Hall–Kier alpha value is -7.50. The molecule has 55 heavy (non-hydrogen) atoms. The molecular formula is C50H32N4O. The molecule has 0 bridgehead atoms. The normalized spacial score (nSPS) is 11.3. The van der Waals surface area contributed by atoms with Crippen LogP contribution in [0, 0.1) is 0 Å². The summed E-state index contributed by atoms with van der Waals surface area (Å²) in [5.74, 6) is 1.78. The second-order valence-electron chi connectivity index (χ2n) is 13.4. The van der Waals surface area contributed by atoms with Gasteiger partial charge in [-0.2, -0.15) is 0 Å². The number of hydrogen-bond acceptors (Lipinski definition) is 5. The van der Waals surface area contributed by atoms with Crippen LogP contribution in [0.3, 0.4) is 0 Å². The van der Waals surface area contributed by atoms with Crippen molar-refractivity contribution >= 4 is 21.9 Å². The van der Waals surface area contributed by atoms with Crippen LogP contribution in [0.5, 0.6) is 0 Å². The van der Waals surface area contributed by atoms with Crippen LogP contribution in [0.2, 0.25) is 0 Å². The fourth-order valence-electron chi connectivity index (χ4n) is 7.21.